The normalized spacial score (nSPS) is 13.6. The van der Waals surface area contributed by atoms with Crippen molar-refractivity contribution in [2.75, 3.05) is 12.3 Å². The molecule has 0 amide bonds. The summed E-state index contributed by atoms with van der Waals surface area (Å²) in [5.74, 6) is 1.01. The lowest BCUT2D eigenvalue weighted by molar-refractivity contribution is 0.291. The molecule has 0 bridgehead atoms. The van der Waals surface area contributed by atoms with Crippen molar-refractivity contribution in [1.82, 2.24) is 15.3 Å². The second-order valence-electron chi connectivity index (χ2n) is 6.49. The molecule has 4 heteroatoms. The van der Waals surface area contributed by atoms with Gasteiger partial charge >= 0.3 is 0 Å². The number of aromatic nitrogens is 2. The molecule has 0 fully saturated rings. The molecular formula is C16H29N3S. The Labute approximate surface area is 128 Å². The molecular weight excluding hydrogens is 266 g/mol. The van der Waals surface area contributed by atoms with Gasteiger partial charge in [-0.15, -0.1) is 0 Å². The van der Waals surface area contributed by atoms with Crippen molar-refractivity contribution in [3.05, 3.63) is 17.0 Å². The van der Waals surface area contributed by atoms with Crippen molar-refractivity contribution >= 4 is 11.8 Å². The van der Waals surface area contributed by atoms with Gasteiger partial charge in [0.15, 0.2) is 5.16 Å². The van der Waals surface area contributed by atoms with Gasteiger partial charge in [-0.05, 0) is 44.7 Å². The molecule has 1 aromatic rings. The van der Waals surface area contributed by atoms with E-state index in [0.717, 1.165) is 35.3 Å². The highest BCUT2D eigenvalue weighted by Crippen LogP contribution is 2.25. The lowest BCUT2D eigenvalue weighted by Gasteiger charge is -2.31. The number of thioether (sulfide) groups is 1. The summed E-state index contributed by atoms with van der Waals surface area (Å²) < 4.78 is 0. The molecule has 0 aliphatic carbocycles. The van der Waals surface area contributed by atoms with Crippen LogP contribution in [0.5, 0.6) is 0 Å². The van der Waals surface area contributed by atoms with Crippen molar-refractivity contribution in [2.45, 2.75) is 66.1 Å². The van der Waals surface area contributed by atoms with Gasteiger partial charge in [-0.2, -0.15) is 0 Å². The summed E-state index contributed by atoms with van der Waals surface area (Å²) in [4.78, 5) is 9.18. The van der Waals surface area contributed by atoms with E-state index in [2.05, 4.69) is 63.8 Å². The third-order valence-electron chi connectivity index (χ3n) is 3.68. The number of nitrogens with zero attached hydrogens (tertiary/aromatic N) is 2. The fourth-order valence-electron chi connectivity index (χ4n) is 1.90. The fourth-order valence-corrected chi connectivity index (χ4v) is 3.23. The van der Waals surface area contributed by atoms with Crippen LogP contribution in [-0.4, -0.2) is 28.3 Å². The van der Waals surface area contributed by atoms with Crippen LogP contribution in [0.1, 0.15) is 51.1 Å². The van der Waals surface area contributed by atoms with E-state index in [1.807, 2.05) is 0 Å². The third-order valence-corrected chi connectivity index (χ3v) is 4.62. The Kier molecular flexibility index (Phi) is 6.46. The summed E-state index contributed by atoms with van der Waals surface area (Å²) in [6, 6.07) is 0.470. The quantitative estimate of drug-likeness (QED) is 0.638. The Hall–Kier alpha value is -0.610. The van der Waals surface area contributed by atoms with Crippen LogP contribution in [0.2, 0.25) is 0 Å². The summed E-state index contributed by atoms with van der Waals surface area (Å²) in [5.41, 5.74) is 3.63. The summed E-state index contributed by atoms with van der Waals surface area (Å²) in [6.45, 7) is 16.3. The van der Waals surface area contributed by atoms with Crippen LogP contribution in [0.4, 0.5) is 0 Å². The van der Waals surface area contributed by atoms with Crippen LogP contribution in [0.3, 0.4) is 0 Å². The van der Waals surface area contributed by atoms with Crippen LogP contribution in [-0.2, 0) is 0 Å². The minimum atomic E-state index is 0.247. The number of aryl methyl sites for hydroxylation is 2. The molecule has 0 saturated heterocycles. The predicted octanol–water partition coefficient (Wildman–Crippen LogP) is 3.91. The molecule has 1 heterocycles. The second kappa shape index (κ2) is 7.41. The Balaban J connectivity index is 2.72. The molecule has 20 heavy (non-hydrogen) atoms. The van der Waals surface area contributed by atoms with Crippen LogP contribution >= 0.6 is 11.8 Å². The molecule has 1 unspecified atom stereocenters. The topological polar surface area (TPSA) is 37.8 Å². The fraction of sp³-hybridized carbons (Fsp3) is 0.750. The highest BCUT2D eigenvalue weighted by Gasteiger charge is 2.24. The Morgan fingerprint density at radius 1 is 1.10 bits per heavy atom. The van der Waals surface area contributed by atoms with Gasteiger partial charge in [-0.25, -0.2) is 9.97 Å². The van der Waals surface area contributed by atoms with Crippen molar-refractivity contribution in [3.8, 4) is 0 Å². The summed E-state index contributed by atoms with van der Waals surface area (Å²) in [6.07, 6.45) is 1.16. The molecule has 0 aromatic carbocycles. The van der Waals surface area contributed by atoms with Crippen LogP contribution in [0, 0.1) is 26.2 Å². The lowest BCUT2D eigenvalue weighted by Crippen LogP contribution is -2.42. The van der Waals surface area contributed by atoms with Gasteiger partial charge in [-0.1, -0.05) is 39.5 Å². The smallest absolute Gasteiger partial charge is 0.188 e. The van der Waals surface area contributed by atoms with E-state index in [1.54, 1.807) is 11.8 Å². The molecule has 0 spiro atoms. The largest absolute Gasteiger partial charge is 0.313 e. The Morgan fingerprint density at radius 3 is 2.10 bits per heavy atom. The Morgan fingerprint density at radius 2 is 1.65 bits per heavy atom. The molecule has 0 aliphatic heterocycles. The first-order valence-electron chi connectivity index (χ1n) is 7.43. The second-order valence-corrected chi connectivity index (χ2v) is 7.47. The van der Waals surface area contributed by atoms with E-state index in [9.17, 15) is 0 Å². The molecule has 0 saturated carbocycles. The van der Waals surface area contributed by atoms with Gasteiger partial charge in [0.05, 0.1) is 0 Å². The first-order chi connectivity index (χ1) is 9.25. The zero-order valence-corrected chi connectivity index (χ0v) is 14.8. The number of hydrogen-bond acceptors (Lipinski definition) is 4. The van der Waals surface area contributed by atoms with Gasteiger partial charge in [0.25, 0.3) is 0 Å². The van der Waals surface area contributed by atoms with E-state index in [-0.39, 0.29) is 5.41 Å². The maximum Gasteiger partial charge on any atom is 0.188 e. The summed E-state index contributed by atoms with van der Waals surface area (Å²) >= 11 is 1.76. The molecule has 1 N–H and O–H groups in total. The Bertz CT molecular complexity index is 415. The van der Waals surface area contributed by atoms with Gasteiger partial charge in [0.1, 0.15) is 0 Å². The molecule has 3 nitrogen and oxygen atoms in total. The van der Waals surface area contributed by atoms with E-state index < -0.39 is 0 Å². The molecule has 0 aliphatic rings. The predicted molar refractivity (Wildman–Crippen MR) is 88.5 cm³/mol. The maximum absolute atomic E-state index is 4.59. The zero-order valence-electron chi connectivity index (χ0n) is 14.0. The van der Waals surface area contributed by atoms with Crippen LogP contribution in [0.25, 0.3) is 0 Å². The third kappa shape index (κ3) is 5.06. The summed E-state index contributed by atoms with van der Waals surface area (Å²) in [5, 5.41) is 4.54. The van der Waals surface area contributed by atoms with Crippen LogP contribution < -0.4 is 5.32 Å². The molecule has 1 rings (SSSR count). The van der Waals surface area contributed by atoms with Gasteiger partial charge < -0.3 is 5.32 Å². The van der Waals surface area contributed by atoms with E-state index in [4.69, 9.17) is 0 Å². The van der Waals surface area contributed by atoms with Crippen molar-refractivity contribution < 1.29 is 0 Å². The monoisotopic (exact) mass is 295 g/mol. The molecule has 114 valence electrons. The van der Waals surface area contributed by atoms with E-state index in [1.165, 1.54) is 5.56 Å². The van der Waals surface area contributed by atoms with Gasteiger partial charge in [-0.3, -0.25) is 0 Å². The molecule has 1 atom stereocenters. The van der Waals surface area contributed by atoms with Crippen LogP contribution in [0.15, 0.2) is 5.16 Å². The van der Waals surface area contributed by atoms with Crippen molar-refractivity contribution in [3.63, 3.8) is 0 Å². The highest BCUT2D eigenvalue weighted by atomic mass is 32.2. The van der Waals surface area contributed by atoms with Gasteiger partial charge in [0.2, 0.25) is 0 Å². The SMILES string of the molecule is CCCNC(CSc1nc(C)c(C)c(C)n1)C(C)(C)C. The highest BCUT2D eigenvalue weighted by molar-refractivity contribution is 7.99. The van der Waals surface area contributed by atoms with E-state index >= 15 is 0 Å². The van der Waals surface area contributed by atoms with Crippen molar-refractivity contribution in [1.29, 1.82) is 0 Å². The standard InChI is InChI=1S/C16H29N3S/c1-8-9-17-14(16(5,6)7)10-20-15-18-12(3)11(2)13(4)19-15/h14,17H,8-10H2,1-7H3. The minimum Gasteiger partial charge on any atom is -0.313 e. The first-order valence-corrected chi connectivity index (χ1v) is 8.42. The summed E-state index contributed by atoms with van der Waals surface area (Å²) in [7, 11) is 0. The average molecular weight is 295 g/mol. The average Bonchev–Trinajstić information content (AvgIpc) is 2.34. The van der Waals surface area contributed by atoms with Crippen molar-refractivity contribution in [2.24, 2.45) is 5.41 Å². The number of hydrogen-bond donors (Lipinski definition) is 1. The zero-order chi connectivity index (χ0) is 15.3. The van der Waals surface area contributed by atoms with E-state index in [0.29, 0.717) is 6.04 Å². The number of rotatable bonds is 6. The number of nitrogens with one attached hydrogen (secondary N) is 1. The molecule has 1 aromatic heterocycles. The maximum atomic E-state index is 4.59. The minimum absolute atomic E-state index is 0.247. The molecule has 0 radical (unpaired) electrons. The van der Waals surface area contributed by atoms with Gasteiger partial charge in [0, 0.05) is 23.2 Å². The first kappa shape index (κ1) is 17.4. The lowest BCUT2D eigenvalue weighted by atomic mass is 9.88.